The summed E-state index contributed by atoms with van der Waals surface area (Å²) in [6.07, 6.45) is 0. The zero-order chi connectivity index (χ0) is 13.7. The van der Waals surface area contributed by atoms with E-state index in [4.69, 9.17) is 4.74 Å². The van der Waals surface area contributed by atoms with Gasteiger partial charge in [0.1, 0.15) is 24.0 Å². The van der Waals surface area contributed by atoms with Gasteiger partial charge in [0.05, 0.1) is 0 Å². The molecule has 0 aliphatic carbocycles. The Morgan fingerprint density at radius 3 is 2.68 bits per heavy atom. The van der Waals surface area contributed by atoms with Crippen molar-refractivity contribution in [3.8, 4) is 5.75 Å². The molecule has 2 aromatic rings. The van der Waals surface area contributed by atoms with Crippen LogP contribution in [0.2, 0.25) is 0 Å². The molecule has 4 heteroatoms. The minimum atomic E-state index is -0.286. The molecule has 0 radical (unpaired) electrons. The SMILES string of the molecule is Cc1ccc(OCCNc2cccc(F)c2)cc1F. The Labute approximate surface area is 111 Å². The summed E-state index contributed by atoms with van der Waals surface area (Å²) in [6, 6.07) is 11.0. The smallest absolute Gasteiger partial charge is 0.129 e. The van der Waals surface area contributed by atoms with E-state index in [0.717, 1.165) is 0 Å². The van der Waals surface area contributed by atoms with Crippen LogP contribution in [0.3, 0.4) is 0 Å². The van der Waals surface area contributed by atoms with Gasteiger partial charge in [-0.1, -0.05) is 12.1 Å². The van der Waals surface area contributed by atoms with Crippen molar-refractivity contribution in [1.82, 2.24) is 0 Å². The van der Waals surface area contributed by atoms with Crippen molar-refractivity contribution in [2.45, 2.75) is 6.92 Å². The van der Waals surface area contributed by atoms with Crippen molar-refractivity contribution >= 4 is 5.69 Å². The molecule has 0 unspecified atom stereocenters. The van der Waals surface area contributed by atoms with Gasteiger partial charge in [0, 0.05) is 18.3 Å². The summed E-state index contributed by atoms with van der Waals surface area (Å²) in [4.78, 5) is 0. The van der Waals surface area contributed by atoms with Crippen LogP contribution < -0.4 is 10.1 Å². The zero-order valence-corrected chi connectivity index (χ0v) is 10.6. The summed E-state index contributed by atoms with van der Waals surface area (Å²) in [5.74, 6) is -0.0775. The number of rotatable bonds is 5. The zero-order valence-electron chi connectivity index (χ0n) is 10.6. The van der Waals surface area contributed by atoms with Crippen LogP contribution in [-0.2, 0) is 0 Å². The summed E-state index contributed by atoms with van der Waals surface area (Å²) in [5.41, 5.74) is 1.28. The third kappa shape index (κ3) is 3.95. The Bertz CT molecular complexity index is 558. The predicted molar refractivity (Wildman–Crippen MR) is 71.5 cm³/mol. The van der Waals surface area contributed by atoms with Crippen molar-refractivity contribution in [2.75, 3.05) is 18.5 Å². The van der Waals surface area contributed by atoms with E-state index < -0.39 is 0 Å². The van der Waals surface area contributed by atoms with Crippen molar-refractivity contribution in [3.05, 3.63) is 59.7 Å². The molecule has 0 spiro atoms. The van der Waals surface area contributed by atoms with Crippen molar-refractivity contribution < 1.29 is 13.5 Å². The lowest BCUT2D eigenvalue weighted by Gasteiger charge is -2.09. The van der Waals surface area contributed by atoms with Gasteiger partial charge in [-0.05, 0) is 36.8 Å². The minimum Gasteiger partial charge on any atom is -0.492 e. The van der Waals surface area contributed by atoms with Crippen LogP contribution in [0.25, 0.3) is 0 Å². The van der Waals surface area contributed by atoms with Crippen molar-refractivity contribution in [1.29, 1.82) is 0 Å². The lowest BCUT2D eigenvalue weighted by molar-refractivity contribution is 0.331. The van der Waals surface area contributed by atoms with E-state index in [-0.39, 0.29) is 11.6 Å². The van der Waals surface area contributed by atoms with Crippen LogP contribution in [-0.4, -0.2) is 13.2 Å². The molecule has 0 aliphatic heterocycles. The number of aryl methyl sites for hydroxylation is 1. The lowest BCUT2D eigenvalue weighted by Crippen LogP contribution is -2.11. The van der Waals surface area contributed by atoms with Gasteiger partial charge >= 0.3 is 0 Å². The van der Waals surface area contributed by atoms with E-state index in [1.54, 1.807) is 31.2 Å². The predicted octanol–water partition coefficient (Wildman–Crippen LogP) is 3.76. The second-order valence-corrected chi connectivity index (χ2v) is 4.20. The number of ether oxygens (including phenoxy) is 1. The Morgan fingerprint density at radius 2 is 1.95 bits per heavy atom. The Kier molecular flexibility index (Phi) is 4.34. The van der Waals surface area contributed by atoms with Gasteiger partial charge in [-0.2, -0.15) is 0 Å². The van der Waals surface area contributed by atoms with E-state index in [0.29, 0.717) is 30.2 Å². The van der Waals surface area contributed by atoms with E-state index in [1.807, 2.05) is 0 Å². The van der Waals surface area contributed by atoms with E-state index in [9.17, 15) is 8.78 Å². The number of nitrogens with one attached hydrogen (secondary N) is 1. The van der Waals surface area contributed by atoms with Crippen LogP contribution >= 0.6 is 0 Å². The molecule has 100 valence electrons. The molecule has 0 aromatic heterocycles. The fourth-order valence-electron chi connectivity index (χ4n) is 1.63. The largest absolute Gasteiger partial charge is 0.492 e. The number of anilines is 1. The van der Waals surface area contributed by atoms with Gasteiger partial charge in [0.25, 0.3) is 0 Å². The summed E-state index contributed by atoms with van der Waals surface area (Å²) < 4.78 is 31.6. The van der Waals surface area contributed by atoms with Crippen molar-refractivity contribution in [3.63, 3.8) is 0 Å². The molecule has 19 heavy (non-hydrogen) atoms. The van der Waals surface area contributed by atoms with Crippen LogP contribution in [0.1, 0.15) is 5.56 Å². The molecule has 2 nitrogen and oxygen atoms in total. The van der Waals surface area contributed by atoms with Gasteiger partial charge in [-0.15, -0.1) is 0 Å². The molecule has 0 bridgehead atoms. The maximum Gasteiger partial charge on any atom is 0.129 e. The molecule has 0 amide bonds. The summed E-state index contributed by atoms with van der Waals surface area (Å²) in [6.45, 7) is 2.59. The fraction of sp³-hybridized carbons (Fsp3) is 0.200. The first kappa shape index (κ1) is 13.3. The summed E-state index contributed by atoms with van der Waals surface area (Å²) in [5, 5.41) is 3.02. The molecular weight excluding hydrogens is 248 g/mol. The number of hydrogen-bond acceptors (Lipinski definition) is 2. The number of benzene rings is 2. The van der Waals surface area contributed by atoms with Crippen molar-refractivity contribution in [2.24, 2.45) is 0 Å². The average Bonchev–Trinajstić information content (AvgIpc) is 2.39. The quantitative estimate of drug-likeness (QED) is 0.829. The van der Waals surface area contributed by atoms with Crippen LogP contribution in [0.4, 0.5) is 14.5 Å². The molecule has 1 N–H and O–H groups in total. The highest BCUT2D eigenvalue weighted by Gasteiger charge is 2.00. The average molecular weight is 263 g/mol. The Balaban J connectivity index is 1.79. The Hall–Kier alpha value is -2.10. The van der Waals surface area contributed by atoms with Crippen LogP contribution in [0.15, 0.2) is 42.5 Å². The highest BCUT2D eigenvalue weighted by atomic mass is 19.1. The molecule has 0 heterocycles. The molecule has 0 atom stereocenters. The molecule has 2 aromatic carbocycles. The maximum atomic E-state index is 13.3. The van der Waals surface area contributed by atoms with Gasteiger partial charge in [-0.25, -0.2) is 8.78 Å². The minimum absolute atomic E-state index is 0.282. The van der Waals surface area contributed by atoms with Crippen LogP contribution in [0.5, 0.6) is 5.75 Å². The molecule has 2 rings (SSSR count). The molecule has 0 saturated carbocycles. The van der Waals surface area contributed by atoms with E-state index in [1.165, 1.54) is 18.2 Å². The molecular formula is C15H15F2NO. The normalized spacial score (nSPS) is 10.3. The molecule has 0 saturated heterocycles. The molecule has 0 aliphatic rings. The van der Waals surface area contributed by atoms with Gasteiger partial charge in [0.2, 0.25) is 0 Å². The first-order valence-corrected chi connectivity index (χ1v) is 6.03. The van der Waals surface area contributed by atoms with Crippen LogP contribution in [0, 0.1) is 18.6 Å². The second-order valence-electron chi connectivity index (χ2n) is 4.20. The highest BCUT2D eigenvalue weighted by Crippen LogP contribution is 2.15. The lowest BCUT2D eigenvalue weighted by atomic mass is 10.2. The van der Waals surface area contributed by atoms with Gasteiger partial charge in [-0.3, -0.25) is 0 Å². The van der Waals surface area contributed by atoms with Gasteiger partial charge in [0.15, 0.2) is 0 Å². The first-order chi connectivity index (χ1) is 9.15. The second kappa shape index (κ2) is 6.18. The van der Waals surface area contributed by atoms with Gasteiger partial charge < -0.3 is 10.1 Å². The first-order valence-electron chi connectivity index (χ1n) is 6.03. The standard InChI is InChI=1S/C15H15F2NO/c1-11-5-6-14(10-15(11)17)19-8-7-18-13-4-2-3-12(16)9-13/h2-6,9-10,18H,7-8H2,1H3. The molecule has 0 fully saturated rings. The third-order valence-corrected chi connectivity index (χ3v) is 2.67. The number of halogens is 2. The topological polar surface area (TPSA) is 21.3 Å². The third-order valence-electron chi connectivity index (χ3n) is 2.67. The Morgan fingerprint density at radius 1 is 1.11 bits per heavy atom. The van der Waals surface area contributed by atoms with E-state index >= 15 is 0 Å². The number of hydrogen-bond donors (Lipinski definition) is 1. The monoisotopic (exact) mass is 263 g/mol. The summed E-state index contributed by atoms with van der Waals surface area (Å²) >= 11 is 0. The van der Waals surface area contributed by atoms with E-state index in [2.05, 4.69) is 5.32 Å². The summed E-state index contributed by atoms with van der Waals surface area (Å²) in [7, 11) is 0. The fourth-order valence-corrected chi connectivity index (χ4v) is 1.63. The highest BCUT2D eigenvalue weighted by molar-refractivity contribution is 5.42. The maximum absolute atomic E-state index is 13.3.